The number of hydrogen-bond acceptors (Lipinski definition) is 3. The lowest BCUT2D eigenvalue weighted by atomic mass is 10.2. The summed E-state index contributed by atoms with van der Waals surface area (Å²) in [6.07, 6.45) is -4.93. The SMILES string of the molecule is CC(CC(F)(F)F)NC1=NCC(C)S1. The van der Waals surface area contributed by atoms with Crippen molar-refractivity contribution in [1.82, 2.24) is 5.32 Å². The standard InChI is InChI=1S/C8H13F3N2S/c1-5(3-8(9,10)11)13-7-12-4-6(2)14-7/h5-6H,3-4H2,1-2H3,(H,12,13). The maximum Gasteiger partial charge on any atom is 0.391 e. The summed E-state index contributed by atoms with van der Waals surface area (Å²) >= 11 is 1.49. The van der Waals surface area contributed by atoms with Gasteiger partial charge in [-0.25, -0.2) is 0 Å². The molecule has 0 aromatic rings. The number of halogens is 3. The Morgan fingerprint density at radius 1 is 1.64 bits per heavy atom. The molecule has 1 rings (SSSR count). The van der Waals surface area contributed by atoms with Crippen molar-refractivity contribution in [2.45, 2.75) is 37.7 Å². The average molecular weight is 226 g/mol. The number of rotatable bonds is 2. The Morgan fingerprint density at radius 3 is 2.71 bits per heavy atom. The molecule has 0 spiro atoms. The van der Waals surface area contributed by atoms with E-state index in [1.165, 1.54) is 18.7 Å². The van der Waals surface area contributed by atoms with Crippen LogP contribution >= 0.6 is 11.8 Å². The first-order valence-corrected chi connectivity index (χ1v) is 5.29. The van der Waals surface area contributed by atoms with Crippen LogP contribution in [0.1, 0.15) is 20.3 Å². The van der Waals surface area contributed by atoms with Crippen molar-refractivity contribution < 1.29 is 13.2 Å². The van der Waals surface area contributed by atoms with Crippen LogP contribution in [0.4, 0.5) is 13.2 Å². The van der Waals surface area contributed by atoms with Gasteiger partial charge in [-0.2, -0.15) is 13.2 Å². The third-order valence-corrected chi connectivity index (χ3v) is 2.73. The van der Waals surface area contributed by atoms with Gasteiger partial charge in [-0.05, 0) is 6.92 Å². The summed E-state index contributed by atoms with van der Waals surface area (Å²) in [5.41, 5.74) is 0. The minimum Gasteiger partial charge on any atom is -0.362 e. The maximum atomic E-state index is 12.0. The summed E-state index contributed by atoms with van der Waals surface area (Å²) in [4.78, 5) is 4.09. The monoisotopic (exact) mass is 226 g/mol. The van der Waals surface area contributed by atoms with Gasteiger partial charge in [0.15, 0.2) is 5.17 Å². The van der Waals surface area contributed by atoms with Crippen LogP contribution in [0, 0.1) is 0 Å². The summed E-state index contributed by atoms with van der Waals surface area (Å²) in [5.74, 6) is 0. The highest BCUT2D eigenvalue weighted by Gasteiger charge is 2.30. The van der Waals surface area contributed by atoms with Gasteiger partial charge in [0, 0.05) is 11.3 Å². The lowest BCUT2D eigenvalue weighted by molar-refractivity contribution is -0.138. The summed E-state index contributed by atoms with van der Waals surface area (Å²) in [6, 6.07) is -0.605. The Labute approximate surface area is 85.4 Å². The van der Waals surface area contributed by atoms with Crippen molar-refractivity contribution in [1.29, 1.82) is 0 Å². The van der Waals surface area contributed by atoms with Crippen molar-refractivity contribution in [3.8, 4) is 0 Å². The van der Waals surface area contributed by atoms with Crippen molar-refractivity contribution in [2.24, 2.45) is 4.99 Å². The Hall–Kier alpha value is -0.390. The predicted octanol–water partition coefficient (Wildman–Crippen LogP) is 2.41. The van der Waals surface area contributed by atoms with Crippen LogP contribution in [0.3, 0.4) is 0 Å². The molecular formula is C8H13F3N2S. The van der Waals surface area contributed by atoms with Gasteiger partial charge in [-0.3, -0.25) is 4.99 Å². The number of hydrogen-bond donors (Lipinski definition) is 1. The van der Waals surface area contributed by atoms with Gasteiger partial charge in [-0.1, -0.05) is 18.7 Å². The largest absolute Gasteiger partial charge is 0.391 e. The summed E-state index contributed by atoms with van der Waals surface area (Å²) in [7, 11) is 0. The molecule has 2 unspecified atom stereocenters. The summed E-state index contributed by atoms with van der Waals surface area (Å²) in [6.45, 7) is 4.20. The quantitative estimate of drug-likeness (QED) is 0.782. The smallest absolute Gasteiger partial charge is 0.362 e. The van der Waals surface area contributed by atoms with Gasteiger partial charge in [0.25, 0.3) is 0 Å². The van der Waals surface area contributed by atoms with Crippen LogP contribution in [-0.4, -0.2) is 29.2 Å². The van der Waals surface area contributed by atoms with E-state index in [4.69, 9.17) is 0 Å². The van der Waals surface area contributed by atoms with Gasteiger partial charge in [0.05, 0.1) is 13.0 Å². The Morgan fingerprint density at radius 2 is 2.29 bits per heavy atom. The lowest BCUT2D eigenvalue weighted by Gasteiger charge is -2.16. The molecule has 0 radical (unpaired) electrons. The fourth-order valence-electron chi connectivity index (χ4n) is 1.17. The third kappa shape index (κ3) is 4.21. The van der Waals surface area contributed by atoms with Gasteiger partial charge < -0.3 is 5.32 Å². The zero-order chi connectivity index (χ0) is 10.8. The first-order chi connectivity index (χ1) is 6.37. The van der Waals surface area contributed by atoms with E-state index >= 15 is 0 Å². The predicted molar refractivity (Wildman–Crippen MR) is 52.6 cm³/mol. The molecule has 2 nitrogen and oxygen atoms in total. The van der Waals surface area contributed by atoms with Crippen LogP contribution < -0.4 is 5.32 Å². The van der Waals surface area contributed by atoms with E-state index < -0.39 is 18.6 Å². The average Bonchev–Trinajstić information content (AvgIpc) is 2.30. The van der Waals surface area contributed by atoms with E-state index in [9.17, 15) is 13.2 Å². The first kappa shape index (κ1) is 11.7. The topological polar surface area (TPSA) is 24.4 Å². The molecule has 82 valence electrons. The molecule has 14 heavy (non-hydrogen) atoms. The van der Waals surface area contributed by atoms with Crippen molar-refractivity contribution in [3.63, 3.8) is 0 Å². The van der Waals surface area contributed by atoms with E-state index in [0.29, 0.717) is 17.0 Å². The van der Waals surface area contributed by atoms with Gasteiger partial charge >= 0.3 is 6.18 Å². The first-order valence-electron chi connectivity index (χ1n) is 4.41. The van der Waals surface area contributed by atoms with Gasteiger partial charge in [0.1, 0.15) is 0 Å². The molecule has 0 aromatic carbocycles. The molecule has 2 atom stereocenters. The molecule has 0 fully saturated rings. The normalized spacial score (nSPS) is 24.6. The summed E-state index contributed by atoms with van der Waals surface area (Å²) in [5, 5.41) is 3.76. The van der Waals surface area contributed by atoms with E-state index in [1.54, 1.807) is 0 Å². The zero-order valence-corrected chi connectivity index (χ0v) is 8.87. The highest BCUT2D eigenvalue weighted by molar-refractivity contribution is 8.14. The number of aliphatic imine (C=N–C) groups is 1. The number of nitrogens with one attached hydrogen (secondary N) is 1. The Kier molecular flexibility index (Phi) is 3.69. The molecule has 0 saturated carbocycles. The van der Waals surface area contributed by atoms with E-state index in [-0.39, 0.29) is 0 Å². The van der Waals surface area contributed by atoms with E-state index in [0.717, 1.165) is 0 Å². The number of alkyl halides is 3. The zero-order valence-electron chi connectivity index (χ0n) is 8.06. The summed E-state index contributed by atoms with van der Waals surface area (Å²) < 4.78 is 35.9. The van der Waals surface area contributed by atoms with Gasteiger partial charge in [0.2, 0.25) is 0 Å². The van der Waals surface area contributed by atoms with Crippen molar-refractivity contribution >= 4 is 16.9 Å². The molecule has 1 N–H and O–H groups in total. The highest BCUT2D eigenvalue weighted by atomic mass is 32.2. The highest BCUT2D eigenvalue weighted by Crippen LogP contribution is 2.23. The minimum atomic E-state index is -4.11. The maximum absolute atomic E-state index is 12.0. The molecule has 6 heteroatoms. The molecule has 1 aliphatic heterocycles. The van der Waals surface area contributed by atoms with Crippen LogP contribution in [0.15, 0.2) is 4.99 Å². The van der Waals surface area contributed by atoms with E-state index in [2.05, 4.69) is 10.3 Å². The fourth-order valence-corrected chi connectivity index (χ4v) is 2.11. The molecule has 0 bridgehead atoms. The molecule has 0 amide bonds. The second-order valence-corrected chi connectivity index (χ2v) is 4.87. The van der Waals surface area contributed by atoms with Crippen LogP contribution in [0.2, 0.25) is 0 Å². The number of amidine groups is 1. The molecule has 0 saturated heterocycles. The third-order valence-electron chi connectivity index (χ3n) is 1.71. The van der Waals surface area contributed by atoms with Crippen LogP contribution in [0.5, 0.6) is 0 Å². The van der Waals surface area contributed by atoms with Crippen molar-refractivity contribution in [3.05, 3.63) is 0 Å². The number of thioether (sulfide) groups is 1. The van der Waals surface area contributed by atoms with Crippen molar-refractivity contribution in [2.75, 3.05) is 6.54 Å². The van der Waals surface area contributed by atoms with Crippen LogP contribution in [-0.2, 0) is 0 Å². The fraction of sp³-hybridized carbons (Fsp3) is 0.875. The Balaban J connectivity index is 2.31. The molecule has 1 heterocycles. The second-order valence-electron chi connectivity index (χ2n) is 3.44. The van der Waals surface area contributed by atoms with Gasteiger partial charge in [-0.15, -0.1) is 0 Å². The Bertz CT molecular complexity index is 227. The molecule has 1 aliphatic rings. The van der Waals surface area contributed by atoms with E-state index in [1.807, 2.05) is 6.92 Å². The van der Waals surface area contributed by atoms with Crippen LogP contribution in [0.25, 0.3) is 0 Å². The number of nitrogens with zero attached hydrogens (tertiary/aromatic N) is 1. The molecular weight excluding hydrogens is 213 g/mol. The molecule has 0 aromatic heterocycles. The lowest BCUT2D eigenvalue weighted by Crippen LogP contribution is -2.34. The molecule has 0 aliphatic carbocycles. The second kappa shape index (κ2) is 4.42. The minimum absolute atomic E-state index is 0.371.